The molecule has 21 heavy (non-hydrogen) atoms. The second kappa shape index (κ2) is 7.02. The van der Waals surface area contributed by atoms with Gasteiger partial charge in [0.1, 0.15) is 18.4 Å². The predicted molar refractivity (Wildman–Crippen MR) is 81.3 cm³/mol. The Morgan fingerprint density at radius 2 is 1.90 bits per heavy atom. The molecule has 6 heteroatoms. The molecule has 0 radical (unpaired) electrons. The molecule has 0 amide bonds. The van der Waals surface area contributed by atoms with Crippen molar-refractivity contribution in [3.05, 3.63) is 42.0 Å². The Hall–Kier alpha value is -1.43. The number of aliphatic hydroxyl groups excluding tert-OH is 1. The van der Waals surface area contributed by atoms with Gasteiger partial charge < -0.3 is 15.6 Å². The van der Waals surface area contributed by atoms with Crippen LogP contribution in [0.5, 0.6) is 5.75 Å². The van der Waals surface area contributed by atoms with Gasteiger partial charge in [-0.05, 0) is 23.8 Å². The van der Waals surface area contributed by atoms with Crippen molar-refractivity contribution in [3.63, 3.8) is 0 Å². The zero-order valence-electron chi connectivity index (χ0n) is 11.6. The first-order chi connectivity index (χ1) is 9.51. The Kier molecular flexibility index (Phi) is 5.89. The average molecular weight is 318 g/mol. The summed E-state index contributed by atoms with van der Waals surface area (Å²) >= 11 is 0. The molecule has 0 spiro atoms. The standard InChI is InChI=1S/C15H17F2NO2.ClH/c1-2-20-12-8-7-10-5-3-4-6-11(10)13(12)14(18)15(16,17)9-19;/h3-8,14,19H,2,9,18H2,1H3;1H/t14-;/m0./s1. The van der Waals surface area contributed by atoms with Gasteiger partial charge in [-0.15, -0.1) is 12.4 Å². The third-order valence-corrected chi connectivity index (χ3v) is 3.21. The summed E-state index contributed by atoms with van der Waals surface area (Å²) in [6, 6.07) is 8.93. The first kappa shape index (κ1) is 17.6. The van der Waals surface area contributed by atoms with E-state index in [2.05, 4.69) is 0 Å². The van der Waals surface area contributed by atoms with E-state index in [1.807, 2.05) is 12.1 Å². The van der Waals surface area contributed by atoms with E-state index in [0.717, 1.165) is 5.39 Å². The number of halogens is 3. The van der Waals surface area contributed by atoms with Gasteiger partial charge in [-0.2, -0.15) is 0 Å². The summed E-state index contributed by atoms with van der Waals surface area (Å²) in [7, 11) is 0. The maximum atomic E-state index is 13.7. The van der Waals surface area contributed by atoms with E-state index >= 15 is 0 Å². The molecule has 0 saturated carbocycles. The minimum absolute atomic E-state index is 0. The maximum Gasteiger partial charge on any atom is 0.289 e. The number of alkyl halides is 2. The summed E-state index contributed by atoms with van der Waals surface area (Å²) in [5, 5.41) is 10.3. The van der Waals surface area contributed by atoms with Gasteiger partial charge in [0.25, 0.3) is 5.92 Å². The number of hydrogen-bond acceptors (Lipinski definition) is 3. The molecule has 0 heterocycles. The van der Waals surface area contributed by atoms with E-state index in [-0.39, 0.29) is 18.0 Å². The van der Waals surface area contributed by atoms with Crippen LogP contribution >= 0.6 is 12.4 Å². The topological polar surface area (TPSA) is 55.5 Å². The zero-order valence-corrected chi connectivity index (χ0v) is 12.4. The molecule has 0 aliphatic heterocycles. The van der Waals surface area contributed by atoms with Crippen LogP contribution in [0.25, 0.3) is 10.8 Å². The lowest BCUT2D eigenvalue weighted by molar-refractivity contribution is -0.0713. The highest BCUT2D eigenvalue weighted by Crippen LogP contribution is 2.38. The maximum absolute atomic E-state index is 13.7. The number of hydrogen-bond donors (Lipinski definition) is 2. The number of rotatable bonds is 5. The van der Waals surface area contributed by atoms with E-state index in [4.69, 9.17) is 15.6 Å². The summed E-state index contributed by atoms with van der Waals surface area (Å²) in [5.41, 5.74) is 5.92. The van der Waals surface area contributed by atoms with E-state index in [1.165, 1.54) is 0 Å². The molecule has 0 fully saturated rings. The van der Waals surface area contributed by atoms with Crippen molar-refractivity contribution in [2.75, 3.05) is 13.2 Å². The van der Waals surface area contributed by atoms with Crippen molar-refractivity contribution < 1.29 is 18.6 Å². The van der Waals surface area contributed by atoms with Gasteiger partial charge in [0, 0.05) is 5.56 Å². The smallest absolute Gasteiger partial charge is 0.289 e. The molecule has 2 aromatic rings. The van der Waals surface area contributed by atoms with Crippen molar-refractivity contribution in [3.8, 4) is 5.75 Å². The van der Waals surface area contributed by atoms with Crippen LogP contribution in [0, 0.1) is 0 Å². The fraction of sp³-hybridized carbons (Fsp3) is 0.333. The van der Waals surface area contributed by atoms with Crippen molar-refractivity contribution >= 4 is 23.2 Å². The number of ether oxygens (including phenoxy) is 1. The van der Waals surface area contributed by atoms with Gasteiger partial charge in [-0.25, -0.2) is 8.78 Å². The Morgan fingerprint density at radius 1 is 1.24 bits per heavy atom. The average Bonchev–Trinajstić information content (AvgIpc) is 2.46. The first-order valence-corrected chi connectivity index (χ1v) is 6.40. The largest absolute Gasteiger partial charge is 0.494 e. The zero-order chi connectivity index (χ0) is 14.8. The Morgan fingerprint density at radius 3 is 2.52 bits per heavy atom. The summed E-state index contributed by atoms with van der Waals surface area (Å²) < 4.78 is 32.9. The van der Waals surface area contributed by atoms with E-state index in [9.17, 15) is 8.78 Å². The van der Waals surface area contributed by atoms with Crippen LogP contribution in [-0.4, -0.2) is 24.2 Å². The van der Waals surface area contributed by atoms with Gasteiger partial charge in [-0.3, -0.25) is 0 Å². The lowest BCUT2D eigenvalue weighted by Crippen LogP contribution is -2.36. The molecule has 0 aliphatic rings. The van der Waals surface area contributed by atoms with Crippen molar-refractivity contribution in [1.82, 2.24) is 0 Å². The van der Waals surface area contributed by atoms with E-state index < -0.39 is 18.6 Å². The van der Waals surface area contributed by atoms with Crippen LogP contribution in [0.4, 0.5) is 8.78 Å². The summed E-state index contributed by atoms with van der Waals surface area (Å²) in [6.07, 6.45) is 0. The van der Waals surface area contributed by atoms with Gasteiger partial charge in [0.2, 0.25) is 0 Å². The Labute approximate surface area is 128 Å². The van der Waals surface area contributed by atoms with Crippen LogP contribution in [0.2, 0.25) is 0 Å². The molecule has 0 aromatic heterocycles. The SMILES string of the molecule is CCOc1ccc2ccccc2c1[C@H](N)C(F)(F)CO.Cl. The highest BCUT2D eigenvalue weighted by molar-refractivity contribution is 5.88. The minimum atomic E-state index is -3.41. The lowest BCUT2D eigenvalue weighted by Gasteiger charge is -2.25. The third kappa shape index (κ3) is 3.43. The third-order valence-electron chi connectivity index (χ3n) is 3.21. The fourth-order valence-corrected chi connectivity index (χ4v) is 2.19. The first-order valence-electron chi connectivity index (χ1n) is 6.40. The van der Waals surface area contributed by atoms with Crippen molar-refractivity contribution in [2.45, 2.75) is 18.9 Å². The van der Waals surface area contributed by atoms with Crippen LogP contribution in [0.1, 0.15) is 18.5 Å². The summed E-state index contributed by atoms with van der Waals surface area (Å²) in [5.74, 6) is -3.08. The Balaban J connectivity index is 0.00000220. The van der Waals surface area contributed by atoms with E-state index in [1.54, 1.807) is 31.2 Å². The second-order valence-electron chi connectivity index (χ2n) is 4.53. The monoisotopic (exact) mass is 317 g/mol. The van der Waals surface area contributed by atoms with Gasteiger partial charge in [0.15, 0.2) is 0 Å². The summed E-state index contributed by atoms with van der Waals surface area (Å²) in [4.78, 5) is 0. The number of fused-ring (bicyclic) bond motifs is 1. The summed E-state index contributed by atoms with van der Waals surface area (Å²) in [6.45, 7) is 0.820. The van der Waals surface area contributed by atoms with Gasteiger partial charge >= 0.3 is 0 Å². The van der Waals surface area contributed by atoms with Crippen LogP contribution < -0.4 is 10.5 Å². The molecule has 116 valence electrons. The van der Waals surface area contributed by atoms with Crippen molar-refractivity contribution in [2.24, 2.45) is 5.73 Å². The quantitative estimate of drug-likeness (QED) is 0.889. The highest BCUT2D eigenvalue weighted by atomic mass is 35.5. The molecule has 0 aliphatic carbocycles. The highest BCUT2D eigenvalue weighted by Gasteiger charge is 2.39. The molecule has 0 bridgehead atoms. The number of aliphatic hydroxyl groups is 1. The normalized spacial score (nSPS) is 12.8. The minimum Gasteiger partial charge on any atom is -0.494 e. The molecular formula is C15H18ClF2NO2. The van der Waals surface area contributed by atoms with E-state index in [0.29, 0.717) is 17.7 Å². The Bertz CT molecular complexity index is 607. The molecule has 2 aromatic carbocycles. The number of benzene rings is 2. The van der Waals surface area contributed by atoms with Gasteiger partial charge in [0.05, 0.1) is 6.61 Å². The molecule has 3 nitrogen and oxygen atoms in total. The van der Waals surface area contributed by atoms with Crippen LogP contribution in [0.3, 0.4) is 0 Å². The second-order valence-corrected chi connectivity index (χ2v) is 4.53. The number of nitrogens with two attached hydrogens (primary N) is 1. The molecule has 2 rings (SSSR count). The molecule has 0 saturated heterocycles. The predicted octanol–water partition coefficient (Wildman–Crippen LogP) is 3.29. The van der Waals surface area contributed by atoms with Gasteiger partial charge in [-0.1, -0.05) is 30.3 Å². The molecular weight excluding hydrogens is 300 g/mol. The van der Waals surface area contributed by atoms with Crippen LogP contribution in [-0.2, 0) is 0 Å². The molecule has 3 N–H and O–H groups in total. The fourth-order valence-electron chi connectivity index (χ4n) is 2.19. The molecule has 0 unspecified atom stereocenters. The lowest BCUT2D eigenvalue weighted by atomic mass is 9.94. The molecule has 1 atom stereocenters. The van der Waals surface area contributed by atoms with Crippen LogP contribution in [0.15, 0.2) is 36.4 Å². The van der Waals surface area contributed by atoms with Crippen molar-refractivity contribution in [1.29, 1.82) is 0 Å².